The highest BCUT2D eigenvalue weighted by Gasteiger charge is 2.24. The smallest absolute Gasteiger partial charge is 0.144 e. The minimum absolute atomic E-state index is 0.202. The van der Waals surface area contributed by atoms with Gasteiger partial charge in [-0.1, -0.05) is 76.9 Å². The molecule has 3 heteroatoms. The van der Waals surface area contributed by atoms with E-state index in [0.29, 0.717) is 11.5 Å². The Morgan fingerprint density at radius 1 is 0.765 bits per heavy atom. The predicted octanol–water partition coefficient (Wildman–Crippen LogP) is 10.0. The standard InChI is InChI=1S/C31H45F2N/c1-2-3-4-5-6-7-8-9-10-24-11-13-25(14-12-24)15-16-26-17-19-27(20-18-26)28-21-30(32)29(23-34)31(33)22-28/h15-16,21-22,24-27H,2-14,17-20H2,1H3/b16-15+/t24-,25-,26?,27?. The molecule has 0 spiro atoms. The van der Waals surface area contributed by atoms with Crippen molar-refractivity contribution in [1.29, 1.82) is 5.26 Å². The van der Waals surface area contributed by atoms with Crippen LogP contribution in [0.2, 0.25) is 0 Å². The molecule has 0 aromatic heterocycles. The summed E-state index contributed by atoms with van der Waals surface area (Å²) in [6.07, 6.45) is 27.2. The number of hydrogen-bond donors (Lipinski definition) is 0. The van der Waals surface area contributed by atoms with Crippen LogP contribution in [0.1, 0.15) is 133 Å². The van der Waals surface area contributed by atoms with E-state index in [1.807, 2.05) is 0 Å². The zero-order valence-electron chi connectivity index (χ0n) is 21.3. The van der Waals surface area contributed by atoms with Crippen molar-refractivity contribution < 1.29 is 8.78 Å². The quantitative estimate of drug-likeness (QED) is 0.221. The van der Waals surface area contributed by atoms with Crippen molar-refractivity contribution in [3.63, 3.8) is 0 Å². The lowest BCUT2D eigenvalue weighted by Gasteiger charge is -2.29. The molecule has 2 fully saturated rings. The summed E-state index contributed by atoms with van der Waals surface area (Å²) in [4.78, 5) is 0. The molecule has 34 heavy (non-hydrogen) atoms. The number of nitrogens with zero attached hydrogens (tertiary/aromatic N) is 1. The van der Waals surface area contributed by atoms with E-state index in [0.717, 1.165) is 37.5 Å². The lowest BCUT2D eigenvalue weighted by Crippen LogP contribution is -2.15. The van der Waals surface area contributed by atoms with E-state index in [1.54, 1.807) is 6.07 Å². The van der Waals surface area contributed by atoms with Gasteiger partial charge in [0.1, 0.15) is 23.3 Å². The molecular weight excluding hydrogens is 424 g/mol. The lowest BCUT2D eigenvalue weighted by molar-refractivity contribution is 0.287. The maximum absolute atomic E-state index is 14.0. The third kappa shape index (κ3) is 8.51. The van der Waals surface area contributed by atoms with E-state index in [1.165, 1.54) is 95.6 Å². The molecule has 2 aliphatic carbocycles. The number of benzene rings is 1. The lowest BCUT2D eigenvalue weighted by atomic mass is 9.76. The fourth-order valence-electron chi connectivity index (χ4n) is 6.13. The minimum Gasteiger partial charge on any atom is -0.205 e. The fourth-order valence-corrected chi connectivity index (χ4v) is 6.13. The van der Waals surface area contributed by atoms with Crippen LogP contribution in [-0.4, -0.2) is 0 Å². The van der Waals surface area contributed by atoms with Gasteiger partial charge >= 0.3 is 0 Å². The summed E-state index contributed by atoms with van der Waals surface area (Å²) in [7, 11) is 0. The molecule has 0 heterocycles. The second kappa shape index (κ2) is 14.7. The van der Waals surface area contributed by atoms with Gasteiger partial charge in [-0.2, -0.15) is 5.26 Å². The Morgan fingerprint density at radius 2 is 1.26 bits per heavy atom. The SMILES string of the molecule is CCCCCCCCCC[C@H]1CC[C@H](/C=C/C2CCC(c3cc(F)c(C#N)c(F)c3)CC2)CC1. The Hall–Kier alpha value is -1.69. The largest absolute Gasteiger partial charge is 0.205 e. The summed E-state index contributed by atoms with van der Waals surface area (Å²) in [6.45, 7) is 2.28. The fraction of sp³-hybridized carbons (Fsp3) is 0.710. The molecule has 1 aromatic carbocycles. The van der Waals surface area contributed by atoms with Gasteiger partial charge in [0.05, 0.1) is 0 Å². The average Bonchev–Trinajstić information content (AvgIpc) is 2.85. The summed E-state index contributed by atoms with van der Waals surface area (Å²) in [5, 5.41) is 8.87. The van der Waals surface area contributed by atoms with Crippen LogP contribution >= 0.6 is 0 Å². The van der Waals surface area contributed by atoms with E-state index in [-0.39, 0.29) is 5.92 Å². The molecule has 0 saturated heterocycles. The van der Waals surface area contributed by atoms with Crippen LogP contribution in [0, 0.1) is 40.7 Å². The third-order valence-corrected chi connectivity index (χ3v) is 8.43. The Balaban J connectivity index is 1.29. The van der Waals surface area contributed by atoms with Crippen molar-refractivity contribution in [2.45, 2.75) is 122 Å². The second-order valence-corrected chi connectivity index (χ2v) is 11.0. The first-order chi connectivity index (χ1) is 16.6. The molecule has 0 amide bonds. The van der Waals surface area contributed by atoms with Crippen molar-refractivity contribution in [2.75, 3.05) is 0 Å². The van der Waals surface area contributed by atoms with Crippen LogP contribution in [0.4, 0.5) is 8.78 Å². The van der Waals surface area contributed by atoms with Crippen molar-refractivity contribution in [2.24, 2.45) is 17.8 Å². The molecule has 0 bridgehead atoms. The number of hydrogen-bond acceptors (Lipinski definition) is 1. The number of allylic oxidation sites excluding steroid dienone is 2. The molecule has 2 saturated carbocycles. The zero-order chi connectivity index (χ0) is 24.2. The van der Waals surface area contributed by atoms with Crippen molar-refractivity contribution >= 4 is 0 Å². The summed E-state index contributed by atoms with van der Waals surface area (Å²) in [6, 6.07) is 4.35. The van der Waals surface area contributed by atoms with Crippen LogP contribution < -0.4 is 0 Å². The Bertz CT molecular complexity index is 769. The minimum atomic E-state index is -0.725. The summed E-state index contributed by atoms with van der Waals surface area (Å²) in [5.74, 6) is 1.05. The van der Waals surface area contributed by atoms with Gasteiger partial charge in [-0.3, -0.25) is 0 Å². The van der Waals surface area contributed by atoms with Crippen LogP contribution in [-0.2, 0) is 0 Å². The van der Waals surface area contributed by atoms with E-state index in [4.69, 9.17) is 5.26 Å². The maximum Gasteiger partial charge on any atom is 0.144 e. The molecule has 0 radical (unpaired) electrons. The van der Waals surface area contributed by atoms with Crippen molar-refractivity contribution in [3.8, 4) is 6.07 Å². The normalized spacial score (nSPS) is 25.5. The van der Waals surface area contributed by atoms with Crippen molar-refractivity contribution in [3.05, 3.63) is 47.0 Å². The number of unbranched alkanes of at least 4 members (excludes halogenated alkanes) is 7. The van der Waals surface area contributed by atoms with Crippen LogP contribution in [0.3, 0.4) is 0 Å². The van der Waals surface area contributed by atoms with E-state index in [9.17, 15) is 8.78 Å². The Kier molecular flexibility index (Phi) is 11.6. The van der Waals surface area contributed by atoms with E-state index >= 15 is 0 Å². The maximum atomic E-state index is 14.0. The molecule has 2 aliphatic rings. The van der Waals surface area contributed by atoms with E-state index in [2.05, 4.69) is 19.1 Å². The second-order valence-electron chi connectivity index (χ2n) is 11.0. The molecule has 3 rings (SSSR count). The molecule has 188 valence electrons. The highest BCUT2D eigenvalue weighted by Crippen LogP contribution is 2.38. The summed E-state index contributed by atoms with van der Waals surface area (Å²) >= 11 is 0. The van der Waals surface area contributed by atoms with Gasteiger partial charge in [0, 0.05) is 0 Å². The summed E-state index contributed by atoms with van der Waals surface area (Å²) < 4.78 is 28.0. The average molecular weight is 470 g/mol. The molecule has 0 N–H and O–H groups in total. The van der Waals surface area contributed by atoms with E-state index < -0.39 is 17.2 Å². The summed E-state index contributed by atoms with van der Waals surface area (Å²) in [5.41, 5.74) is 0.249. The first-order valence-corrected chi connectivity index (χ1v) is 14.2. The monoisotopic (exact) mass is 469 g/mol. The molecule has 0 atom stereocenters. The number of rotatable bonds is 12. The molecule has 1 nitrogen and oxygen atoms in total. The van der Waals surface area contributed by atoms with Gasteiger partial charge in [-0.05, 0) is 92.7 Å². The third-order valence-electron chi connectivity index (χ3n) is 8.43. The van der Waals surface area contributed by atoms with Crippen LogP contribution in [0.15, 0.2) is 24.3 Å². The molecule has 0 aliphatic heterocycles. The first kappa shape index (κ1) is 26.9. The zero-order valence-corrected chi connectivity index (χ0v) is 21.3. The van der Waals surface area contributed by atoms with Gasteiger partial charge in [0.25, 0.3) is 0 Å². The van der Waals surface area contributed by atoms with Gasteiger partial charge in [0.2, 0.25) is 0 Å². The van der Waals surface area contributed by atoms with Crippen molar-refractivity contribution in [1.82, 2.24) is 0 Å². The highest BCUT2D eigenvalue weighted by molar-refractivity contribution is 5.36. The molecule has 1 aromatic rings. The molecular formula is C31H45F2N. The highest BCUT2D eigenvalue weighted by atomic mass is 19.1. The number of nitriles is 1. The van der Waals surface area contributed by atoms with Gasteiger partial charge in [0.15, 0.2) is 0 Å². The first-order valence-electron chi connectivity index (χ1n) is 14.2. The topological polar surface area (TPSA) is 23.8 Å². The van der Waals surface area contributed by atoms with Crippen LogP contribution in [0.5, 0.6) is 0 Å². The number of halogens is 2. The Labute approximate surface area is 207 Å². The van der Waals surface area contributed by atoms with Gasteiger partial charge in [-0.15, -0.1) is 0 Å². The predicted molar refractivity (Wildman–Crippen MR) is 138 cm³/mol. The van der Waals surface area contributed by atoms with Gasteiger partial charge in [-0.25, -0.2) is 8.78 Å². The van der Waals surface area contributed by atoms with Crippen LogP contribution in [0.25, 0.3) is 0 Å². The molecule has 0 unspecified atom stereocenters. The van der Waals surface area contributed by atoms with Gasteiger partial charge < -0.3 is 0 Å². The Morgan fingerprint density at radius 3 is 1.79 bits per heavy atom.